The zero-order valence-electron chi connectivity index (χ0n) is 10.1. The van der Waals surface area contributed by atoms with Gasteiger partial charge in [0.05, 0.1) is 17.6 Å². The molecule has 90 valence electrons. The molecule has 1 amide bonds. The van der Waals surface area contributed by atoms with Crippen LogP contribution in [0.25, 0.3) is 0 Å². The number of allylic oxidation sites excluding steroid dienone is 4. The van der Waals surface area contributed by atoms with E-state index >= 15 is 0 Å². The monoisotopic (exact) mass is 239 g/mol. The molecule has 0 N–H and O–H groups in total. The smallest absolute Gasteiger partial charge is 0.228 e. The number of fused-ring (bicyclic) bond motifs is 2. The van der Waals surface area contributed by atoms with Crippen LogP contribution in [0.4, 0.5) is 5.69 Å². The summed E-state index contributed by atoms with van der Waals surface area (Å²) in [4.78, 5) is 13.7. The Morgan fingerprint density at radius 2 is 2.17 bits per heavy atom. The van der Waals surface area contributed by atoms with Crippen LogP contribution >= 0.6 is 0 Å². The van der Waals surface area contributed by atoms with Crippen molar-refractivity contribution in [3.63, 3.8) is 0 Å². The first-order chi connectivity index (χ1) is 8.77. The Morgan fingerprint density at radius 3 is 3.00 bits per heavy atom. The fourth-order valence-corrected chi connectivity index (χ4v) is 2.24. The Morgan fingerprint density at radius 1 is 1.33 bits per heavy atom. The minimum absolute atomic E-state index is 0.0135. The lowest BCUT2D eigenvalue weighted by atomic mass is 10.0. The van der Waals surface area contributed by atoms with Crippen molar-refractivity contribution < 1.29 is 9.53 Å². The molecule has 1 heterocycles. The molecule has 1 aromatic carbocycles. The van der Waals surface area contributed by atoms with Gasteiger partial charge in [0.15, 0.2) is 5.75 Å². The summed E-state index contributed by atoms with van der Waals surface area (Å²) >= 11 is 0. The van der Waals surface area contributed by atoms with Gasteiger partial charge in [-0.05, 0) is 24.6 Å². The lowest BCUT2D eigenvalue weighted by Gasteiger charge is -2.25. The molecule has 0 bridgehead atoms. The molecular weight excluding hydrogens is 226 g/mol. The quantitative estimate of drug-likeness (QED) is 0.696. The second kappa shape index (κ2) is 4.18. The van der Waals surface area contributed by atoms with Gasteiger partial charge in [-0.15, -0.1) is 0 Å². The second-order valence-electron chi connectivity index (χ2n) is 4.27. The maximum Gasteiger partial charge on any atom is 0.228 e. The summed E-state index contributed by atoms with van der Waals surface area (Å²) in [5, 5.41) is 0. The molecule has 0 unspecified atom stereocenters. The number of nitrogens with zero attached hydrogens (tertiary/aromatic N) is 1. The van der Waals surface area contributed by atoms with Gasteiger partial charge >= 0.3 is 0 Å². The minimum atomic E-state index is -0.0135. The standard InChI is InChI=1S/C15H13NO2/c1-11(17)16-13-7-3-2-6-12(13)10-18-15-9-5-4-8-14(15)16/h2-5,7-10H,6H2,1H3. The maximum absolute atomic E-state index is 11.9. The number of carbonyl (C=O) groups excluding carboxylic acids is 1. The van der Waals surface area contributed by atoms with E-state index in [1.165, 1.54) is 0 Å². The highest BCUT2D eigenvalue weighted by molar-refractivity contribution is 5.98. The van der Waals surface area contributed by atoms with Crippen molar-refractivity contribution in [2.45, 2.75) is 13.3 Å². The minimum Gasteiger partial charge on any atom is -0.462 e. The number of amides is 1. The molecular formula is C15H13NO2. The molecule has 1 aromatic rings. The van der Waals surface area contributed by atoms with Gasteiger partial charge in [-0.2, -0.15) is 0 Å². The first kappa shape index (κ1) is 10.8. The summed E-state index contributed by atoms with van der Waals surface area (Å²) in [6.07, 6.45) is 8.48. The maximum atomic E-state index is 11.9. The first-order valence-corrected chi connectivity index (χ1v) is 5.90. The van der Waals surface area contributed by atoms with Crippen LogP contribution in [0, 0.1) is 0 Å². The van der Waals surface area contributed by atoms with Crippen molar-refractivity contribution >= 4 is 11.6 Å². The Kier molecular flexibility index (Phi) is 2.52. The first-order valence-electron chi connectivity index (χ1n) is 5.90. The van der Waals surface area contributed by atoms with Gasteiger partial charge in [0.25, 0.3) is 0 Å². The van der Waals surface area contributed by atoms with Gasteiger partial charge in [-0.25, -0.2) is 0 Å². The van der Waals surface area contributed by atoms with E-state index in [0.29, 0.717) is 5.75 Å². The fourth-order valence-electron chi connectivity index (χ4n) is 2.24. The third-order valence-corrected chi connectivity index (χ3v) is 3.05. The lowest BCUT2D eigenvalue weighted by molar-refractivity contribution is -0.116. The Labute approximate surface area is 106 Å². The molecule has 0 fully saturated rings. The van der Waals surface area contributed by atoms with Gasteiger partial charge < -0.3 is 4.74 Å². The topological polar surface area (TPSA) is 29.5 Å². The van der Waals surface area contributed by atoms with Crippen LogP contribution in [0.15, 0.2) is 60.0 Å². The van der Waals surface area contributed by atoms with Gasteiger partial charge in [0.2, 0.25) is 5.91 Å². The summed E-state index contributed by atoms with van der Waals surface area (Å²) in [6.45, 7) is 1.57. The Bertz CT molecular complexity index is 596. The van der Waals surface area contributed by atoms with E-state index in [-0.39, 0.29) is 5.91 Å². The summed E-state index contributed by atoms with van der Waals surface area (Å²) < 4.78 is 5.67. The fraction of sp³-hybridized carbons (Fsp3) is 0.133. The predicted molar refractivity (Wildman–Crippen MR) is 70.2 cm³/mol. The summed E-state index contributed by atoms with van der Waals surface area (Å²) in [7, 11) is 0. The normalized spacial score (nSPS) is 16.8. The van der Waals surface area contributed by atoms with Crippen LogP contribution < -0.4 is 9.64 Å². The molecule has 0 spiro atoms. The molecule has 0 saturated heterocycles. The molecule has 1 aliphatic carbocycles. The molecule has 1 aliphatic heterocycles. The van der Waals surface area contributed by atoms with Gasteiger partial charge in [-0.1, -0.05) is 24.3 Å². The second-order valence-corrected chi connectivity index (χ2v) is 4.27. The molecule has 0 atom stereocenters. The molecule has 3 rings (SSSR count). The molecule has 3 nitrogen and oxygen atoms in total. The number of carbonyl (C=O) groups is 1. The van der Waals surface area contributed by atoms with Crippen molar-refractivity contribution in [3.8, 4) is 5.75 Å². The van der Waals surface area contributed by atoms with Crippen LogP contribution in [-0.4, -0.2) is 5.91 Å². The lowest BCUT2D eigenvalue weighted by Crippen LogP contribution is -2.28. The number of benzene rings is 1. The highest BCUT2D eigenvalue weighted by Crippen LogP contribution is 2.37. The van der Waals surface area contributed by atoms with E-state index in [0.717, 1.165) is 23.4 Å². The van der Waals surface area contributed by atoms with Crippen molar-refractivity contribution in [1.82, 2.24) is 0 Å². The number of ether oxygens (including phenoxy) is 1. The molecule has 0 aromatic heterocycles. The average Bonchev–Trinajstić information content (AvgIpc) is 2.55. The van der Waals surface area contributed by atoms with Crippen molar-refractivity contribution in [2.24, 2.45) is 0 Å². The summed E-state index contributed by atoms with van der Waals surface area (Å²) in [6, 6.07) is 7.57. The van der Waals surface area contributed by atoms with Crippen LogP contribution in [0.1, 0.15) is 13.3 Å². The van der Waals surface area contributed by atoms with Crippen molar-refractivity contribution in [1.29, 1.82) is 0 Å². The van der Waals surface area contributed by atoms with Crippen LogP contribution in [-0.2, 0) is 4.79 Å². The third kappa shape index (κ3) is 1.64. The predicted octanol–water partition coefficient (Wildman–Crippen LogP) is 3.16. The van der Waals surface area contributed by atoms with E-state index in [1.807, 2.05) is 42.5 Å². The highest BCUT2D eigenvalue weighted by Gasteiger charge is 2.25. The number of hydrogen-bond donors (Lipinski definition) is 0. The number of para-hydroxylation sites is 2. The third-order valence-electron chi connectivity index (χ3n) is 3.05. The summed E-state index contributed by atoms with van der Waals surface area (Å²) in [5.41, 5.74) is 2.71. The molecule has 3 heteroatoms. The van der Waals surface area contributed by atoms with Crippen LogP contribution in [0.5, 0.6) is 5.75 Å². The Hall–Kier alpha value is -2.29. The van der Waals surface area contributed by atoms with Gasteiger partial charge in [0.1, 0.15) is 0 Å². The van der Waals surface area contributed by atoms with E-state index in [4.69, 9.17) is 4.74 Å². The van der Waals surface area contributed by atoms with Crippen LogP contribution in [0.3, 0.4) is 0 Å². The van der Waals surface area contributed by atoms with E-state index in [1.54, 1.807) is 18.1 Å². The zero-order valence-corrected chi connectivity index (χ0v) is 10.1. The van der Waals surface area contributed by atoms with E-state index in [2.05, 4.69) is 0 Å². The van der Waals surface area contributed by atoms with Gasteiger partial charge in [0, 0.05) is 12.5 Å². The molecule has 18 heavy (non-hydrogen) atoms. The van der Waals surface area contributed by atoms with Crippen molar-refractivity contribution in [3.05, 3.63) is 60.0 Å². The average molecular weight is 239 g/mol. The number of rotatable bonds is 0. The zero-order chi connectivity index (χ0) is 12.5. The SMILES string of the molecule is CC(=O)N1C2=CC=CCC2=COc2ccccc21. The van der Waals surface area contributed by atoms with E-state index < -0.39 is 0 Å². The number of anilines is 1. The highest BCUT2D eigenvalue weighted by atomic mass is 16.5. The largest absolute Gasteiger partial charge is 0.462 e. The molecule has 2 aliphatic rings. The molecule has 0 saturated carbocycles. The van der Waals surface area contributed by atoms with E-state index in [9.17, 15) is 4.79 Å². The Balaban J connectivity index is 2.21. The number of hydrogen-bond acceptors (Lipinski definition) is 2. The van der Waals surface area contributed by atoms with Crippen molar-refractivity contribution in [2.75, 3.05) is 4.90 Å². The summed E-state index contributed by atoms with van der Waals surface area (Å²) in [5.74, 6) is 0.691. The van der Waals surface area contributed by atoms with Gasteiger partial charge in [-0.3, -0.25) is 9.69 Å². The van der Waals surface area contributed by atoms with Crippen LogP contribution in [0.2, 0.25) is 0 Å². The molecule has 0 radical (unpaired) electrons.